The fraction of sp³-hybridized carbons (Fsp3) is 0.300. The van der Waals surface area contributed by atoms with Crippen LogP contribution in [0.2, 0.25) is 0 Å². The van der Waals surface area contributed by atoms with Gasteiger partial charge in [-0.2, -0.15) is 13.2 Å². The number of hydrogen-bond acceptors (Lipinski definition) is 0. The number of hydrogen-bond donors (Lipinski definition) is 0. The van der Waals surface area contributed by atoms with Crippen molar-refractivity contribution in [1.82, 2.24) is 0 Å². The maximum atomic E-state index is 13.0. The number of alkyl halides is 3. The summed E-state index contributed by atoms with van der Waals surface area (Å²) in [5.74, 6) is 4.79. The second-order valence-corrected chi connectivity index (χ2v) is 5.54. The first kappa shape index (κ1) is 17.1. The van der Waals surface area contributed by atoms with Crippen molar-refractivity contribution in [2.45, 2.75) is 32.4 Å². The third-order valence-electron chi connectivity index (χ3n) is 3.66. The zero-order valence-corrected chi connectivity index (χ0v) is 13.0. The van der Waals surface area contributed by atoms with Gasteiger partial charge in [-0.3, -0.25) is 0 Å². The second-order valence-electron chi connectivity index (χ2n) is 5.54. The van der Waals surface area contributed by atoms with Gasteiger partial charge >= 0.3 is 6.18 Å². The van der Waals surface area contributed by atoms with E-state index in [1.54, 1.807) is 31.2 Å². The van der Waals surface area contributed by atoms with E-state index in [1.807, 2.05) is 30.3 Å². The molecule has 2 aromatic rings. The van der Waals surface area contributed by atoms with Crippen LogP contribution in [-0.4, -0.2) is 6.18 Å². The van der Waals surface area contributed by atoms with Gasteiger partial charge in [-0.05, 0) is 42.7 Å². The number of halogens is 3. The second kappa shape index (κ2) is 7.87. The summed E-state index contributed by atoms with van der Waals surface area (Å²) in [6.07, 6.45) is -3.41. The maximum absolute atomic E-state index is 13.0. The molecule has 1 unspecified atom stereocenters. The molecule has 1 atom stereocenters. The Bertz CT molecular complexity index is 658. The molecule has 0 saturated heterocycles. The van der Waals surface area contributed by atoms with Crippen LogP contribution >= 0.6 is 0 Å². The molecule has 0 nitrogen and oxygen atoms in total. The number of rotatable bonds is 4. The van der Waals surface area contributed by atoms with Gasteiger partial charge in [-0.25, -0.2) is 0 Å². The molecule has 0 radical (unpaired) electrons. The lowest BCUT2D eigenvalue weighted by Crippen LogP contribution is -2.24. The average molecular weight is 316 g/mol. The molecule has 2 rings (SSSR count). The third kappa shape index (κ3) is 5.49. The first-order valence-electron chi connectivity index (χ1n) is 7.71. The Morgan fingerprint density at radius 2 is 1.43 bits per heavy atom. The van der Waals surface area contributed by atoms with E-state index >= 15 is 0 Å². The van der Waals surface area contributed by atoms with Crippen molar-refractivity contribution >= 4 is 0 Å². The van der Waals surface area contributed by atoms with Gasteiger partial charge in [-0.1, -0.05) is 55.5 Å². The Morgan fingerprint density at radius 3 is 1.96 bits per heavy atom. The van der Waals surface area contributed by atoms with Crippen LogP contribution in [0, 0.1) is 17.8 Å². The van der Waals surface area contributed by atoms with Crippen LogP contribution in [0.1, 0.15) is 36.5 Å². The van der Waals surface area contributed by atoms with Gasteiger partial charge in [0.2, 0.25) is 0 Å². The lowest BCUT2D eigenvalue weighted by atomic mass is 9.94. The first-order valence-corrected chi connectivity index (χ1v) is 7.71. The van der Waals surface area contributed by atoms with Gasteiger partial charge in [0.1, 0.15) is 0 Å². The van der Waals surface area contributed by atoms with Crippen LogP contribution in [0.15, 0.2) is 54.6 Å². The quantitative estimate of drug-likeness (QED) is 0.643. The molecule has 0 aliphatic rings. The lowest BCUT2D eigenvalue weighted by molar-refractivity contribution is -0.176. The predicted octanol–water partition coefficient (Wildman–Crippen LogP) is 5.61. The molecule has 0 heterocycles. The molecule has 2 aromatic carbocycles. The molecule has 0 bridgehead atoms. The Hall–Kier alpha value is -2.21. The summed E-state index contributed by atoms with van der Waals surface area (Å²) in [7, 11) is 0. The Labute approximate surface area is 135 Å². The van der Waals surface area contributed by atoms with Gasteiger partial charge < -0.3 is 0 Å². The highest BCUT2D eigenvalue weighted by atomic mass is 19.4. The standard InChI is InChI=1S/C20H19F3/c1-2-6-19(20(21,22)23)15-18-13-11-17(12-14-18)10-9-16-7-4-3-5-8-16/h3-5,7-8,11-14,19H,2,6,15H2,1H3. The molecule has 0 amide bonds. The monoisotopic (exact) mass is 316 g/mol. The molecule has 23 heavy (non-hydrogen) atoms. The smallest absolute Gasteiger partial charge is 0.171 e. The summed E-state index contributed by atoms with van der Waals surface area (Å²) >= 11 is 0. The highest BCUT2D eigenvalue weighted by Gasteiger charge is 2.38. The summed E-state index contributed by atoms with van der Waals surface area (Å²) < 4.78 is 38.9. The van der Waals surface area contributed by atoms with Crippen molar-refractivity contribution in [2.24, 2.45) is 5.92 Å². The first-order chi connectivity index (χ1) is 11.0. The van der Waals surface area contributed by atoms with Crippen LogP contribution in [0.5, 0.6) is 0 Å². The lowest BCUT2D eigenvalue weighted by Gasteiger charge is -2.19. The summed E-state index contributed by atoms with van der Waals surface area (Å²) in [5, 5.41) is 0. The minimum atomic E-state index is -4.14. The van der Waals surface area contributed by atoms with Crippen LogP contribution < -0.4 is 0 Å². The van der Waals surface area contributed by atoms with Crippen molar-refractivity contribution in [1.29, 1.82) is 0 Å². The van der Waals surface area contributed by atoms with Gasteiger partial charge in [0, 0.05) is 11.1 Å². The van der Waals surface area contributed by atoms with E-state index in [1.165, 1.54) is 0 Å². The Morgan fingerprint density at radius 1 is 0.870 bits per heavy atom. The van der Waals surface area contributed by atoms with Crippen molar-refractivity contribution < 1.29 is 13.2 Å². The normalized spacial score (nSPS) is 12.3. The fourth-order valence-electron chi connectivity index (χ4n) is 2.40. The van der Waals surface area contributed by atoms with E-state index in [2.05, 4.69) is 11.8 Å². The predicted molar refractivity (Wildman–Crippen MR) is 87.0 cm³/mol. The summed E-state index contributed by atoms with van der Waals surface area (Å²) in [6, 6.07) is 16.6. The highest BCUT2D eigenvalue weighted by molar-refractivity contribution is 5.43. The van der Waals surface area contributed by atoms with E-state index in [0.717, 1.165) is 11.1 Å². The van der Waals surface area contributed by atoms with E-state index in [-0.39, 0.29) is 12.8 Å². The minimum Gasteiger partial charge on any atom is -0.171 e. The largest absolute Gasteiger partial charge is 0.392 e. The van der Waals surface area contributed by atoms with Gasteiger partial charge in [0.15, 0.2) is 0 Å². The minimum absolute atomic E-state index is 0.0315. The molecule has 120 valence electrons. The van der Waals surface area contributed by atoms with Crippen LogP contribution in [-0.2, 0) is 6.42 Å². The van der Waals surface area contributed by atoms with Gasteiger partial charge in [0.05, 0.1) is 5.92 Å². The molecule has 0 fully saturated rings. The summed E-state index contributed by atoms with van der Waals surface area (Å²) in [4.78, 5) is 0. The number of benzene rings is 2. The van der Waals surface area contributed by atoms with E-state index in [4.69, 9.17) is 0 Å². The SMILES string of the molecule is CCCC(Cc1ccc(C#Cc2ccccc2)cc1)C(F)(F)F. The molecule has 0 spiro atoms. The molecule has 0 N–H and O–H groups in total. The van der Waals surface area contributed by atoms with E-state index < -0.39 is 12.1 Å². The van der Waals surface area contributed by atoms with Crippen molar-refractivity contribution in [3.63, 3.8) is 0 Å². The van der Waals surface area contributed by atoms with Gasteiger partial charge in [0.25, 0.3) is 0 Å². The molecule has 0 aromatic heterocycles. The molecule has 3 heteroatoms. The molecule has 0 aliphatic heterocycles. The van der Waals surface area contributed by atoms with Crippen molar-refractivity contribution in [2.75, 3.05) is 0 Å². The topological polar surface area (TPSA) is 0 Å². The van der Waals surface area contributed by atoms with E-state index in [0.29, 0.717) is 12.0 Å². The molecular formula is C20H19F3. The highest BCUT2D eigenvalue weighted by Crippen LogP contribution is 2.32. The zero-order valence-electron chi connectivity index (χ0n) is 13.0. The van der Waals surface area contributed by atoms with Crippen LogP contribution in [0.4, 0.5) is 13.2 Å². The van der Waals surface area contributed by atoms with Gasteiger partial charge in [-0.15, -0.1) is 0 Å². The molecule has 0 saturated carbocycles. The summed E-state index contributed by atoms with van der Waals surface area (Å²) in [5.41, 5.74) is 2.42. The Balaban J connectivity index is 2.06. The van der Waals surface area contributed by atoms with Crippen molar-refractivity contribution in [3.8, 4) is 11.8 Å². The van der Waals surface area contributed by atoms with Crippen LogP contribution in [0.3, 0.4) is 0 Å². The van der Waals surface area contributed by atoms with Crippen molar-refractivity contribution in [3.05, 3.63) is 71.3 Å². The molecular weight excluding hydrogens is 297 g/mol. The Kier molecular flexibility index (Phi) is 5.87. The third-order valence-corrected chi connectivity index (χ3v) is 3.66. The maximum Gasteiger partial charge on any atom is 0.392 e. The zero-order chi connectivity index (χ0) is 16.7. The fourth-order valence-corrected chi connectivity index (χ4v) is 2.40. The summed E-state index contributed by atoms with van der Waals surface area (Å²) in [6.45, 7) is 1.78. The van der Waals surface area contributed by atoms with Crippen LogP contribution in [0.25, 0.3) is 0 Å². The molecule has 0 aliphatic carbocycles. The average Bonchev–Trinajstić information content (AvgIpc) is 2.54. The van der Waals surface area contributed by atoms with E-state index in [9.17, 15) is 13.2 Å².